The average molecular weight is 322 g/mol. The summed E-state index contributed by atoms with van der Waals surface area (Å²) in [7, 11) is -3.96. The Labute approximate surface area is 121 Å². The average Bonchev–Trinajstić information content (AvgIpc) is 2.81. The highest BCUT2D eigenvalue weighted by Gasteiger charge is 2.32. The van der Waals surface area contributed by atoms with Crippen molar-refractivity contribution in [1.82, 2.24) is 4.72 Å². The van der Waals surface area contributed by atoms with E-state index in [0.29, 0.717) is 6.07 Å². The molecule has 21 heavy (non-hydrogen) atoms. The van der Waals surface area contributed by atoms with Crippen molar-refractivity contribution in [2.24, 2.45) is 11.7 Å². The molecule has 2 atom stereocenters. The normalized spacial score (nSPS) is 23.4. The van der Waals surface area contributed by atoms with Crippen LogP contribution in [0.2, 0.25) is 0 Å². The molecule has 1 aromatic rings. The van der Waals surface area contributed by atoms with E-state index in [1.165, 1.54) is 0 Å². The number of nitrogens with two attached hydrogens (primary N) is 1. The van der Waals surface area contributed by atoms with Gasteiger partial charge >= 0.3 is 6.18 Å². The molecule has 0 aromatic heterocycles. The Kier molecular flexibility index (Phi) is 4.60. The lowest BCUT2D eigenvalue weighted by atomic mass is 10.1. The van der Waals surface area contributed by atoms with Gasteiger partial charge in [-0.3, -0.25) is 0 Å². The van der Waals surface area contributed by atoms with E-state index in [0.717, 1.165) is 37.5 Å². The van der Waals surface area contributed by atoms with Gasteiger partial charge in [0, 0.05) is 12.6 Å². The molecule has 0 heterocycles. The second-order valence-electron chi connectivity index (χ2n) is 5.23. The van der Waals surface area contributed by atoms with Crippen molar-refractivity contribution in [3.05, 3.63) is 29.8 Å². The van der Waals surface area contributed by atoms with Gasteiger partial charge < -0.3 is 5.73 Å². The van der Waals surface area contributed by atoms with Crippen LogP contribution in [0.25, 0.3) is 0 Å². The highest BCUT2D eigenvalue weighted by molar-refractivity contribution is 7.89. The van der Waals surface area contributed by atoms with E-state index in [2.05, 4.69) is 4.72 Å². The van der Waals surface area contributed by atoms with Crippen LogP contribution in [0.5, 0.6) is 0 Å². The summed E-state index contributed by atoms with van der Waals surface area (Å²) in [6, 6.07) is 3.64. The Hall–Kier alpha value is -1.12. The fourth-order valence-electron chi connectivity index (χ4n) is 2.46. The van der Waals surface area contributed by atoms with Gasteiger partial charge in [-0.1, -0.05) is 12.5 Å². The van der Waals surface area contributed by atoms with Gasteiger partial charge in [0.25, 0.3) is 0 Å². The predicted molar refractivity (Wildman–Crippen MR) is 71.9 cm³/mol. The monoisotopic (exact) mass is 322 g/mol. The van der Waals surface area contributed by atoms with Crippen LogP contribution < -0.4 is 10.5 Å². The molecule has 0 amide bonds. The first-order valence-electron chi connectivity index (χ1n) is 6.62. The molecule has 1 aromatic carbocycles. The summed E-state index contributed by atoms with van der Waals surface area (Å²) in [5.41, 5.74) is 4.86. The van der Waals surface area contributed by atoms with Crippen molar-refractivity contribution in [3.8, 4) is 0 Å². The standard InChI is InChI=1S/C13H17F3N2O2S/c14-13(15,16)10-4-2-5-11(7-10)21(19,20)18-8-9-3-1-6-12(9)17/h2,4-5,7,9,12,18H,1,3,6,8,17H2. The van der Waals surface area contributed by atoms with E-state index in [4.69, 9.17) is 5.73 Å². The van der Waals surface area contributed by atoms with E-state index < -0.39 is 21.8 Å². The molecule has 8 heteroatoms. The first-order chi connectivity index (χ1) is 9.70. The molecule has 0 radical (unpaired) electrons. The molecular formula is C13H17F3N2O2S. The second-order valence-corrected chi connectivity index (χ2v) is 7.00. The van der Waals surface area contributed by atoms with Crippen LogP contribution in [0.4, 0.5) is 13.2 Å². The fourth-order valence-corrected chi connectivity index (χ4v) is 3.60. The zero-order valence-electron chi connectivity index (χ0n) is 11.2. The minimum absolute atomic E-state index is 0.0329. The van der Waals surface area contributed by atoms with Crippen molar-refractivity contribution in [3.63, 3.8) is 0 Å². The maximum absolute atomic E-state index is 12.6. The van der Waals surface area contributed by atoms with Gasteiger partial charge in [-0.05, 0) is 37.0 Å². The Morgan fingerprint density at radius 1 is 1.29 bits per heavy atom. The number of hydrogen-bond acceptors (Lipinski definition) is 3. The molecule has 4 nitrogen and oxygen atoms in total. The van der Waals surface area contributed by atoms with E-state index in [1.54, 1.807) is 0 Å². The van der Waals surface area contributed by atoms with Gasteiger partial charge in [-0.2, -0.15) is 13.2 Å². The third-order valence-corrected chi connectivity index (χ3v) is 5.15. The lowest BCUT2D eigenvalue weighted by Crippen LogP contribution is -2.36. The van der Waals surface area contributed by atoms with Crippen LogP contribution in [0, 0.1) is 5.92 Å². The molecular weight excluding hydrogens is 305 g/mol. The third-order valence-electron chi connectivity index (χ3n) is 3.73. The number of hydrogen-bond donors (Lipinski definition) is 2. The maximum atomic E-state index is 12.6. The second kappa shape index (κ2) is 5.94. The molecule has 0 aliphatic heterocycles. The SMILES string of the molecule is NC1CCCC1CNS(=O)(=O)c1cccc(C(F)(F)F)c1. The van der Waals surface area contributed by atoms with Gasteiger partial charge in [0.05, 0.1) is 10.5 Å². The van der Waals surface area contributed by atoms with Gasteiger partial charge in [-0.25, -0.2) is 13.1 Å². The first kappa shape index (κ1) is 16.3. The molecule has 1 aliphatic rings. The topological polar surface area (TPSA) is 72.2 Å². The van der Waals surface area contributed by atoms with Crippen molar-refractivity contribution in [2.45, 2.75) is 36.4 Å². The van der Waals surface area contributed by atoms with Gasteiger partial charge in [0.15, 0.2) is 0 Å². The third kappa shape index (κ3) is 3.96. The molecule has 3 N–H and O–H groups in total. The number of alkyl halides is 3. The molecule has 1 fully saturated rings. The molecule has 2 rings (SSSR count). The number of halogens is 3. The van der Waals surface area contributed by atoms with Crippen molar-refractivity contribution >= 4 is 10.0 Å². The summed E-state index contributed by atoms with van der Waals surface area (Å²) >= 11 is 0. The fraction of sp³-hybridized carbons (Fsp3) is 0.538. The van der Waals surface area contributed by atoms with Gasteiger partial charge in [-0.15, -0.1) is 0 Å². The highest BCUT2D eigenvalue weighted by atomic mass is 32.2. The number of sulfonamides is 1. The quantitative estimate of drug-likeness (QED) is 0.892. The number of benzene rings is 1. The first-order valence-corrected chi connectivity index (χ1v) is 8.11. The number of nitrogens with one attached hydrogen (secondary N) is 1. The van der Waals surface area contributed by atoms with Crippen LogP contribution >= 0.6 is 0 Å². The summed E-state index contributed by atoms with van der Waals surface area (Å²) in [5.74, 6) is 0.0329. The minimum Gasteiger partial charge on any atom is -0.327 e. The Balaban J connectivity index is 2.12. The van der Waals surface area contributed by atoms with Crippen molar-refractivity contribution < 1.29 is 21.6 Å². The van der Waals surface area contributed by atoms with Crippen LogP contribution in [0.1, 0.15) is 24.8 Å². The van der Waals surface area contributed by atoms with E-state index in [9.17, 15) is 21.6 Å². The lowest BCUT2D eigenvalue weighted by molar-refractivity contribution is -0.137. The van der Waals surface area contributed by atoms with Crippen LogP contribution in [-0.2, 0) is 16.2 Å². The zero-order valence-corrected chi connectivity index (χ0v) is 12.0. The molecule has 0 spiro atoms. The summed E-state index contributed by atoms with van der Waals surface area (Å²) in [6.45, 7) is 0.153. The van der Waals surface area contributed by atoms with E-state index >= 15 is 0 Å². The highest BCUT2D eigenvalue weighted by Crippen LogP contribution is 2.30. The van der Waals surface area contributed by atoms with Gasteiger partial charge in [0.1, 0.15) is 0 Å². The molecule has 2 unspecified atom stereocenters. The Morgan fingerprint density at radius 3 is 2.57 bits per heavy atom. The summed E-state index contributed by atoms with van der Waals surface area (Å²) in [4.78, 5) is -0.385. The van der Waals surface area contributed by atoms with Crippen LogP contribution in [0.3, 0.4) is 0 Å². The molecule has 0 saturated heterocycles. The van der Waals surface area contributed by atoms with E-state index in [1.807, 2.05) is 0 Å². The lowest BCUT2D eigenvalue weighted by Gasteiger charge is -2.16. The van der Waals surface area contributed by atoms with E-state index in [-0.39, 0.29) is 23.4 Å². The smallest absolute Gasteiger partial charge is 0.327 e. The molecule has 1 saturated carbocycles. The Morgan fingerprint density at radius 2 is 2.00 bits per heavy atom. The Bertz CT molecular complexity index is 602. The van der Waals surface area contributed by atoms with Crippen molar-refractivity contribution in [1.29, 1.82) is 0 Å². The maximum Gasteiger partial charge on any atom is 0.416 e. The van der Waals surface area contributed by atoms with Gasteiger partial charge in [0.2, 0.25) is 10.0 Å². The largest absolute Gasteiger partial charge is 0.416 e. The molecule has 118 valence electrons. The van der Waals surface area contributed by atoms with Crippen LogP contribution in [-0.4, -0.2) is 21.0 Å². The predicted octanol–water partition coefficient (Wildman–Crippen LogP) is 2.11. The van der Waals surface area contributed by atoms with Crippen LogP contribution in [0.15, 0.2) is 29.2 Å². The summed E-state index contributed by atoms with van der Waals surface area (Å²) in [5, 5.41) is 0. The molecule has 1 aliphatic carbocycles. The van der Waals surface area contributed by atoms with Crippen molar-refractivity contribution in [2.75, 3.05) is 6.54 Å². The summed E-state index contributed by atoms with van der Waals surface area (Å²) < 4.78 is 64.3. The zero-order chi connectivity index (χ0) is 15.7. The molecule has 0 bridgehead atoms. The minimum atomic E-state index is -4.57. The number of rotatable bonds is 4. The summed E-state index contributed by atoms with van der Waals surface area (Å²) in [6.07, 6.45) is -1.96.